The number of quaternary nitrogens is 1. The van der Waals surface area contributed by atoms with E-state index >= 15 is 0 Å². The van der Waals surface area contributed by atoms with Crippen molar-refractivity contribution in [2.75, 3.05) is 41.0 Å². The molecule has 0 aliphatic heterocycles. The van der Waals surface area contributed by atoms with Gasteiger partial charge in [-0.3, -0.25) is 9.59 Å². The van der Waals surface area contributed by atoms with E-state index in [4.69, 9.17) is 14.2 Å². The molecule has 0 fully saturated rings. The molecule has 0 N–H and O–H groups in total. The first-order valence-corrected chi connectivity index (χ1v) is 17.8. The second-order valence-corrected chi connectivity index (χ2v) is 12.7. The molecule has 0 aromatic rings. The normalized spacial score (nSPS) is 13.8. The Hall–Kier alpha value is -2.97. The van der Waals surface area contributed by atoms with Crippen molar-refractivity contribution in [3.63, 3.8) is 0 Å². The first kappa shape index (κ1) is 44.0. The van der Waals surface area contributed by atoms with Gasteiger partial charge < -0.3 is 28.6 Å². The number of allylic oxidation sites excluding steroid dienone is 10. The molecule has 0 aliphatic rings. The number of hydrogen-bond donors (Lipinski definition) is 0. The lowest BCUT2D eigenvalue weighted by molar-refractivity contribution is -0.889. The van der Waals surface area contributed by atoms with E-state index in [1.165, 1.54) is 12.8 Å². The molecule has 0 aliphatic carbocycles. The minimum atomic E-state index is -1.14. The molecule has 0 radical (unpaired) electrons. The number of carboxylic acid groups (broad SMARTS) is 1. The summed E-state index contributed by atoms with van der Waals surface area (Å²) in [6.45, 7) is 4.29. The van der Waals surface area contributed by atoms with Gasteiger partial charge in [0.15, 0.2) is 6.10 Å². The van der Waals surface area contributed by atoms with E-state index in [0.29, 0.717) is 12.8 Å². The van der Waals surface area contributed by atoms with Crippen molar-refractivity contribution in [3.8, 4) is 0 Å². The average molecular weight is 660 g/mol. The van der Waals surface area contributed by atoms with Crippen LogP contribution in [0.15, 0.2) is 60.8 Å². The molecule has 8 heteroatoms. The summed E-state index contributed by atoms with van der Waals surface area (Å²) in [5.74, 6) is -1.86. The number of unbranched alkanes of at least 4 members (excludes halogenated alkanes) is 6. The molecular weight excluding hydrogens is 594 g/mol. The van der Waals surface area contributed by atoms with Gasteiger partial charge in [0, 0.05) is 19.3 Å². The molecule has 0 aromatic heterocycles. The Bertz CT molecular complexity index is 959. The standard InChI is InChI=1S/C39H65NO7/c1-6-8-10-12-14-15-16-17-18-19-20-21-22-24-26-28-30-38(42)47-35(33-45-32-31-36(39(43)44)40(3,4)5)34-46-37(41)29-27-25-23-13-11-9-7-2/h8-11,14-15,17-18,23,25,35-36H,6-7,12-13,16,19-22,24,26-34H2,1-5H3/b10-8+,11-9+,15-14+,18-17+,25-23+. The number of esters is 2. The van der Waals surface area contributed by atoms with Gasteiger partial charge in [-0.15, -0.1) is 0 Å². The SMILES string of the molecule is CC/C=C/C/C=C/C/C=C/CCCCCCCCC(=O)OC(COCCC(C(=O)[O-])[N+](C)(C)C)COC(=O)CC/C=C/C/C=C/CC. The van der Waals surface area contributed by atoms with Crippen LogP contribution in [0.4, 0.5) is 0 Å². The first-order valence-electron chi connectivity index (χ1n) is 17.8. The number of carbonyl (C=O) groups excluding carboxylic acids is 3. The molecule has 0 amide bonds. The zero-order valence-corrected chi connectivity index (χ0v) is 30.2. The Balaban J connectivity index is 4.46. The van der Waals surface area contributed by atoms with Gasteiger partial charge in [-0.25, -0.2) is 0 Å². The topological polar surface area (TPSA) is 102 Å². The highest BCUT2D eigenvalue weighted by molar-refractivity contribution is 5.70. The van der Waals surface area contributed by atoms with Crippen LogP contribution in [0.25, 0.3) is 0 Å². The van der Waals surface area contributed by atoms with E-state index in [9.17, 15) is 19.5 Å². The molecule has 0 rings (SSSR count). The van der Waals surface area contributed by atoms with Crippen LogP contribution in [-0.2, 0) is 28.6 Å². The number of aliphatic carboxylic acids is 1. The molecule has 0 aromatic carbocycles. The number of ether oxygens (including phenoxy) is 3. The molecule has 0 bridgehead atoms. The zero-order chi connectivity index (χ0) is 35.0. The lowest BCUT2D eigenvalue weighted by Crippen LogP contribution is -2.55. The van der Waals surface area contributed by atoms with Gasteiger partial charge in [0.2, 0.25) is 0 Å². The number of likely N-dealkylation sites (N-methyl/N-ethyl adjacent to an activating group) is 1. The Kier molecular flexibility index (Phi) is 28.4. The van der Waals surface area contributed by atoms with Crippen LogP contribution in [-0.4, -0.2) is 75.5 Å². The fraction of sp³-hybridized carbons (Fsp3) is 0.667. The smallest absolute Gasteiger partial charge is 0.306 e. The van der Waals surface area contributed by atoms with Crippen molar-refractivity contribution in [1.29, 1.82) is 0 Å². The number of hydrogen-bond acceptors (Lipinski definition) is 7. The highest BCUT2D eigenvalue weighted by Gasteiger charge is 2.25. The van der Waals surface area contributed by atoms with Crippen LogP contribution in [0.5, 0.6) is 0 Å². The fourth-order valence-corrected chi connectivity index (χ4v) is 4.67. The summed E-state index contributed by atoms with van der Waals surface area (Å²) in [7, 11) is 5.36. The highest BCUT2D eigenvalue weighted by atomic mass is 16.6. The van der Waals surface area contributed by atoms with E-state index in [1.54, 1.807) is 21.1 Å². The summed E-state index contributed by atoms with van der Waals surface area (Å²) in [6.07, 6.45) is 34.3. The van der Waals surface area contributed by atoms with E-state index in [1.807, 2.05) is 12.2 Å². The highest BCUT2D eigenvalue weighted by Crippen LogP contribution is 2.12. The van der Waals surface area contributed by atoms with Crippen molar-refractivity contribution >= 4 is 17.9 Å². The third-order valence-corrected chi connectivity index (χ3v) is 7.41. The summed E-state index contributed by atoms with van der Waals surface area (Å²) in [4.78, 5) is 36.4. The number of nitrogens with zero attached hydrogens (tertiary/aromatic N) is 1. The van der Waals surface area contributed by atoms with Crippen LogP contribution in [0, 0.1) is 0 Å². The van der Waals surface area contributed by atoms with Gasteiger partial charge in [0.1, 0.15) is 12.6 Å². The maximum Gasteiger partial charge on any atom is 0.306 e. The Morgan fingerprint density at radius 2 is 1.17 bits per heavy atom. The third-order valence-electron chi connectivity index (χ3n) is 7.41. The predicted octanol–water partition coefficient (Wildman–Crippen LogP) is 7.35. The summed E-state index contributed by atoms with van der Waals surface area (Å²) in [6, 6.07) is -0.735. The molecule has 0 saturated carbocycles. The van der Waals surface area contributed by atoms with Crippen molar-refractivity contribution < 1.29 is 38.2 Å². The molecule has 2 unspecified atom stereocenters. The summed E-state index contributed by atoms with van der Waals surface area (Å²) in [5, 5.41) is 11.5. The number of carboxylic acids is 1. The van der Waals surface area contributed by atoms with Crippen molar-refractivity contribution in [2.24, 2.45) is 0 Å². The molecular formula is C39H65NO7. The van der Waals surface area contributed by atoms with Crippen LogP contribution >= 0.6 is 0 Å². The monoisotopic (exact) mass is 659 g/mol. The van der Waals surface area contributed by atoms with E-state index in [-0.39, 0.29) is 49.1 Å². The number of rotatable bonds is 30. The molecule has 0 heterocycles. The van der Waals surface area contributed by atoms with Gasteiger partial charge in [-0.2, -0.15) is 0 Å². The van der Waals surface area contributed by atoms with Gasteiger partial charge in [-0.1, -0.05) is 100 Å². The van der Waals surface area contributed by atoms with Gasteiger partial charge in [0.25, 0.3) is 0 Å². The summed E-state index contributed by atoms with van der Waals surface area (Å²) < 4.78 is 16.9. The van der Waals surface area contributed by atoms with Crippen molar-refractivity contribution in [2.45, 2.75) is 129 Å². The molecule has 2 atom stereocenters. The van der Waals surface area contributed by atoms with E-state index in [0.717, 1.165) is 64.2 Å². The average Bonchev–Trinajstić information content (AvgIpc) is 3.01. The van der Waals surface area contributed by atoms with Gasteiger partial charge in [0.05, 0.1) is 40.3 Å². The molecule has 8 nitrogen and oxygen atoms in total. The minimum Gasteiger partial charge on any atom is -0.544 e. The minimum absolute atomic E-state index is 0.0145. The van der Waals surface area contributed by atoms with Gasteiger partial charge in [-0.05, 0) is 57.8 Å². The zero-order valence-electron chi connectivity index (χ0n) is 30.2. The lowest BCUT2D eigenvalue weighted by Gasteiger charge is -2.34. The predicted molar refractivity (Wildman–Crippen MR) is 189 cm³/mol. The molecule has 0 spiro atoms. The fourth-order valence-electron chi connectivity index (χ4n) is 4.67. The third kappa shape index (κ3) is 28.9. The van der Waals surface area contributed by atoms with E-state index in [2.05, 4.69) is 62.5 Å². The van der Waals surface area contributed by atoms with E-state index < -0.39 is 18.1 Å². The summed E-state index contributed by atoms with van der Waals surface area (Å²) >= 11 is 0. The van der Waals surface area contributed by atoms with Crippen LogP contribution in [0.3, 0.4) is 0 Å². The molecule has 47 heavy (non-hydrogen) atoms. The summed E-state index contributed by atoms with van der Waals surface area (Å²) in [5.41, 5.74) is 0. The Morgan fingerprint density at radius 1 is 0.638 bits per heavy atom. The lowest BCUT2D eigenvalue weighted by atomic mass is 10.1. The maximum absolute atomic E-state index is 12.6. The second kappa shape index (κ2) is 30.4. The Morgan fingerprint density at radius 3 is 1.74 bits per heavy atom. The quantitative estimate of drug-likeness (QED) is 0.0344. The van der Waals surface area contributed by atoms with Crippen LogP contribution in [0.1, 0.15) is 117 Å². The molecule has 268 valence electrons. The first-order chi connectivity index (χ1) is 22.6. The second-order valence-electron chi connectivity index (χ2n) is 12.7. The van der Waals surface area contributed by atoms with Crippen LogP contribution in [0.2, 0.25) is 0 Å². The number of carbonyl (C=O) groups is 3. The molecule has 0 saturated heterocycles. The maximum atomic E-state index is 12.6. The van der Waals surface area contributed by atoms with Crippen molar-refractivity contribution in [3.05, 3.63) is 60.8 Å². The van der Waals surface area contributed by atoms with Crippen LogP contribution < -0.4 is 5.11 Å². The van der Waals surface area contributed by atoms with Gasteiger partial charge >= 0.3 is 11.9 Å². The Labute approximate surface area is 286 Å². The largest absolute Gasteiger partial charge is 0.544 e. The van der Waals surface area contributed by atoms with Crippen molar-refractivity contribution in [1.82, 2.24) is 0 Å².